The van der Waals surface area contributed by atoms with E-state index >= 15 is 0 Å². The van der Waals surface area contributed by atoms with Gasteiger partial charge in [-0.05, 0) is 25.8 Å². The number of rotatable bonds is 5. The fraction of sp³-hybridized carbons (Fsp3) is 0.818. The van der Waals surface area contributed by atoms with Crippen LogP contribution in [0.1, 0.15) is 32.6 Å². The lowest BCUT2D eigenvalue weighted by molar-refractivity contribution is -0.142. The minimum Gasteiger partial charge on any atom is -0.480 e. The third kappa shape index (κ3) is 3.81. The van der Waals surface area contributed by atoms with E-state index in [1.165, 1.54) is 0 Å². The zero-order chi connectivity index (χ0) is 12.0. The highest BCUT2D eigenvalue weighted by Crippen LogP contribution is 2.10. The summed E-state index contributed by atoms with van der Waals surface area (Å²) in [5, 5.41) is 14.7. The molecule has 5 heteroatoms. The molecule has 0 aromatic heterocycles. The summed E-state index contributed by atoms with van der Waals surface area (Å²) in [5.41, 5.74) is 0. The van der Waals surface area contributed by atoms with Crippen LogP contribution >= 0.6 is 0 Å². The van der Waals surface area contributed by atoms with E-state index in [2.05, 4.69) is 10.6 Å². The largest absolute Gasteiger partial charge is 0.480 e. The summed E-state index contributed by atoms with van der Waals surface area (Å²) in [5.74, 6) is -1.15. The molecule has 0 spiro atoms. The maximum Gasteiger partial charge on any atom is 0.326 e. The lowest BCUT2D eigenvalue weighted by Crippen LogP contribution is -2.47. The van der Waals surface area contributed by atoms with Crippen molar-refractivity contribution in [1.82, 2.24) is 10.6 Å². The van der Waals surface area contributed by atoms with Crippen molar-refractivity contribution in [1.29, 1.82) is 0 Å². The van der Waals surface area contributed by atoms with E-state index in [1.807, 2.05) is 6.92 Å². The number of amides is 1. The van der Waals surface area contributed by atoms with Crippen LogP contribution in [0.4, 0.5) is 0 Å². The SMILES string of the molecule is CCC[C@H](NC(=O)[C@H]1CCCNC1)C(=O)O. The predicted molar refractivity (Wildman–Crippen MR) is 60.1 cm³/mol. The van der Waals surface area contributed by atoms with Gasteiger partial charge in [0.1, 0.15) is 6.04 Å². The Kier molecular flexibility index (Phi) is 5.25. The first kappa shape index (κ1) is 13.0. The summed E-state index contributed by atoms with van der Waals surface area (Å²) in [6, 6.07) is -0.737. The fourth-order valence-corrected chi connectivity index (χ4v) is 1.91. The number of aliphatic carboxylic acids is 1. The molecule has 1 amide bonds. The summed E-state index contributed by atoms with van der Waals surface area (Å²) in [6.07, 6.45) is 3.06. The molecular formula is C11H20N2O3. The Labute approximate surface area is 95.6 Å². The second kappa shape index (κ2) is 6.48. The van der Waals surface area contributed by atoms with E-state index in [1.54, 1.807) is 0 Å². The van der Waals surface area contributed by atoms with Crippen molar-refractivity contribution in [2.45, 2.75) is 38.6 Å². The van der Waals surface area contributed by atoms with Crippen molar-refractivity contribution in [3.8, 4) is 0 Å². The van der Waals surface area contributed by atoms with Crippen molar-refractivity contribution >= 4 is 11.9 Å². The zero-order valence-electron chi connectivity index (χ0n) is 9.66. The second-order valence-electron chi connectivity index (χ2n) is 4.23. The first-order valence-electron chi connectivity index (χ1n) is 5.89. The molecule has 0 unspecified atom stereocenters. The van der Waals surface area contributed by atoms with Gasteiger partial charge in [-0.3, -0.25) is 4.79 Å². The van der Waals surface area contributed by atoms with Gasteiger partial charge >= 0.3 is 5.97 Å². The van der Waals surface area contributed by atoms with Crippen LogP contribution in [0.15, 0.2) is 0 Å². The van der Waals surface area contributed by atoms with Crippen LogP contribution in [0, 0.1) is 5.92 Å². The molecule has 1 heterocycles. The number of carboxylic acid groups (broad SMARTS) is 1. The van der Waals surface area contributed by atoms with E-state index in [0.29, 0.717) is 13.0 Å². The molecule has 1 saturated heterocycles. The van der Waals surface area contributed by atoms with E-state index in [9.17, 15) is 9.59 Å². The number of hydrogen-bond acceptors (Lipinski definition) is 3. The molecule has 2 atom stereocenters. The quantitative estimate of drug-likeness (QED) is 0.634. The maximum atomic E-state index is 11.8. The van der Waals surface area contributed by atoms with E-state index in [-0.39, 0.29) is 11.8 Å². The predicted octanol–water partition coefficient (Wildman–Crippen LogP) is 0.356. The Morgan fingerprint density at radius 2 is 2.31 bits per heavy atom. The van der Waals surface area contributed by atoms with Crippen LogP contribution in [0.25, 0.3) is 0 Å². The molecule has 0 aliphatic carbocycles. The average molecular weight is 228 g/mol. The van der Waals surface area contributed by atoms with Gasteiger partial charge in [0.15, 0.2) is 0 Å². The third-order valence-corrected chi connectivity index (χ3v) is 2.86. The molecule has 1 rings (SSSR count). The van der Waals surface area contributed by atoms with Crippen molar-refractivity contribution in [2.24, 2.45) is 5.92 Å². The average Bonchev–Trinajstić information content (AvgIpc) is 2.29. The molecule has 5 nitrogen and oxygen atoms in total. The summed E-state index contributed by atoms with van der Waals surface area (Å²) < 4.78 is 0. The monoisotopic (exact) mass is 228 g/mol. The van der Waals surface area contributed by atoms with Gasteiger partial charge in [-0.1, -0.05) is 13.3 Å². The molecule has 0 saturated carbocycles. The Morgan fingerprint density at radius 3 is 2.81 bits per heavy atom. The molecule has 0 bridgehead atoms. The van der Waals surface area contributed by atoms with Gasteiger partial charge in [-0.2, -0.15) is 0 Å². The Bertz CT molecular complexity index is 250. The Balaban J connectivity index is 2.43. The molecule has 16 heavy (non-hydrogen) atoms. The lowest BCUT2D eigenvalue weighted by atomic mass is 9.98. The van der Waals surface area contributed by atoms with Gasteiger partial charge in [0.05, 0.1) is 5.92 Å². The van der Waals surface area contributed by atoms with Crippen LogP contribution < -0.4 is 10.6 Å². The molecule has 92 valence electrons. The summed E-state index contributed by atoms with van der Waals surface area (Å²) in [6.45, 7) is 3.51. The standard InChI is InChI=1S/C11H20N2O3/c1-2-4-9(11(15)16)13-10(14)8-5-3-6-12-7-8/h8-9,12H,2-7H2,1H3,(H,13,14)(H,15,16)/t8-,9-/m0/s1. The van der Waals surface area contributed by atoms with Gasteiger partial charge in [-0.25, -0.2) is 4.79 Å². The van der Waals surface area contributed by atoms with E-state index in [4.69, 9.17) is 5.11 Å². The molecule has 0 radical (unpaired) electrons. The molecule has 1 aliphatic heterocycles. The van der Waals surface area contributed by atoms with Crippen LogP contribution in [-0.4, -0.2) is 36.1 Å². The molecule has 1 aliphatic rings. The topological polar surface area (TPSA) is 78.4 Å². The highest BCUT2D eigenvalue weighted by Gasteiger charge is 2.25. The van der Waals surface area contributed by atoms with Crippen molar-refractivity contribution in [3.05, 3.63) is 0 Å². The van der Waals surface area contributed by atoms with E-state index < -0.39 is 12.0 Å². The number of carbonyl (C=O) groups excluding carboxylic acids is 1. The molecule has 0 aromatic rings. The van der Waals surface area contributed by atoms with Crippen molar-refractivity contribution in [2.75, 3.05) is 13.1 Å². The Morgan fingerprint density at radius 1 is 1.56 bits per heavy atom. The Hall–Kier alpha value is -1.10. The number of carbonyl (C=O) groups is 2. The molecular weight excluding hydrogens is 208 g/mol. The van der Waals surface area contributed by atoms with Crippen LogP contribution in [0.5, 0.6) is 0 Å². The van der Waals surface area contributed by atoms with Gasteiger partial charge < -0.3 is 15.7 Å². The van der Waals surface area contributed by atoms with Gasteiger partial charge in [-0.15, -0.1) is 0 Å². The minimum atomic E-state index is -0.945. The van der Waals surface area contributed by atoms with Crippen molar-refractivity contribution < 1.29 is 14.7 Å². The highest BCUT2D eigenvalue weighted by atomic mass is 16.4. The second-order valence-corrected chi connectivity index (χ2v) is 4.23. The van der Waals surface area contributed by atoms with E-state index in [0.717, 1.165) is 25.8 Å². The number of nitrogens with one attached hydrogen (secondary N) is 2. The zero-order valence-corrected chi connectivity index (χ0v) is 9.66. The van der Waals surface area contributed by atoms with Crippen LogP contribution in [-0.2, 0) is 9.59 Å². The summed E-state index contributed by atoms with van der Waals surface area (Å²) in [4.78, 5) is 22.7. The van der Waals surface area contributed by atoms with Gasteiger partial charge in [0.2, 0.25) is 5.91 Å². The minimum absolute atomic E-state index is 0.0764. The summed E-state index contributed by atoms with van der Waals surface area (Å²) >= 11 is 0. The summed E-state index contributed by atoms with van der Waals surface area (Å²) in [7, 11) is 0. The third-order valence-electron chi connectivity index (χ3n) is 2.86. The molecule has 3 N–H and O–H groups in total. The maximum absolute atomic E-state index is 11.8. The number of piperidine rings is 1. The molecule has 0 aromatic carbocycles. The molecule has 1 fully saturated rings. The highest BCUT2D eigenvalue weighted by molar-refractivity contribution is 5.85. The smallest absolute Gasteiger partial charge is 0.326 e. The van der Waals surface area contributed by atoms with Crippen molar-refractivity contribution in [3.63, 3.8) is 0 Å². The van der Waals surface area contributed by atoms with Crippen LogP contribution in [0.2, 0.25) is 0 Å². The fourth-order valence-electron chi connectivity index (χ4n) is 1.91. The first-order chi connectivity index (χ1) is 7.65. The normalized spacial score (nSPS) is 22.4. The van der Waals surface area contributed by atoms with Gasteiger partial charge in [0.25, 0.3) is 0 Å². The first-order valence-corrected chi connectivity index (χ1v) is 5.89. The number of carboxylic acids is 1. The lowest BCUT2D eigenvalue weighted by Gasteiger charge is -2.23. The van der Waals surface area contributed by atoms with Crippen LogP contribution in [0.3, 0.4) is 0 Å². The number of hydrogen-bond donors (Lipinski definition) is 3. The van der Waals surface area contributed by atoms with Gasteiger partial charge in [0, 0.05) is 6.54 Å².